The van der Waals surface area contributed by atoms with E-state index in [9.17, 15) is 0 Å². The number of unbranched alkanes of at least 4 members (excludes halogenated alkanes) is 2. The normalized spacial score (nSPS) is 11.1. The molecule has 1 heterocycles. The molecule has 0 aliphatic carbocycles. The average Bonchev–Trinajstić information content (AvgIpc) is 2.75. The van der Waals surface area contributed by atoms with Crippen molar-refractivity contribution in [2.24, 2.45) is 0 Å². The van der Waals surface area contributed by atoms with E-state index in [0.717, 1.165) is 32.5 Å². The smallest absolute Gasteiger partial charge is 0.0431 e. The van der Waals surface area contributed by atoms with Crippen LogP contribution in [0.15, 0.2) is 17.5 Å². The molecule has 1 rings (SSSR count). The molecule has 1 N–H and O–H groups in total. The molecule has 15 heavy (non-hydrogen) atoms. The molecular weight excluding hydrogens is 206 g/mol. The molecule has 0 aromatic carbocycles. The van der Waals surface area contributed by atoms with Crippen LogP contribution >= 0.6 is 11.3 Å². The van der Waals surface area contributed by atoms with Gasteiger partial charge in [0.05, 0.1) is 0 Å². The van der Waals surface area contributed by atoms with Crippen LogP contribution in [0.5, 0.6) is 0 Å². The Morgan fingerprint density at radius 2 is 2.20 bits per heavy atom. The highest BCUT2D eigenvalue weighted by atomic mass is 32.1. The summed E-state index contributed by atoms with van der Waals surface area (Å²) in [5, 5.41) is 10.8. The fraction of sp³-hybridized carbons (Fsp3) is 0.667. The van der Waals surface area contributed by atoms with E-state index in [-0.39, 0.29) is 0 Å². The Bertz CT molecular complexity index is 236. The van der Waals surface area contributed by atoms with Gasteiger partial charge < -0.3 is 5.11 Å². The lowest BCUT2D eigenvalue weighted by atomic mass is 10.2. The molecule has 0 fully saturated rings. The Morgan fingerprint density at radius 1 is 1.33 bits per heavy atom. The minimum atomic E-state index is 0.330. The Hall–Kier alpha value is -0.380. The number of rotatable bonds is 8. The highest BCUT2D eigenvalue weighted by Gasteiger charge is 2.03. The van der Waals surface area contributed by atoms with E-state index in [2.05, 4.69) is 29.3 Å². The van der Waals surface area contributed by atoms with Crippen molar-refractivity contribution in [3.63, 3.8) is 0 Å². The molecule has 0 aliphatic heterocycles. The lowest BCUT2D eigenvalue weighted by molar-refractivity contribution is 0.256. The molecule has 0 saturated heterocycles. The zero-order chi connectivity index (χ0) is 10.9. The second-order valence-corrected chi connectivity index (χ2v) is 4.76. The molecule has 0 radical (unpaired) electrons. The van der Waals surface area contributed by atoms with Gasteiger partial charge in [-0.25, -0.2) is 0 Å². The van der Waals surface area contributed by atoms with Crippen molar-refractivity contribution in [1.29, 1.82) is 0 Å². The molecule has 0 amide bonds. The van der Waals surface area contributed by atoms with Crippen molar-refractivity contribution < 1.29 is 5.11 Å². The highest BCUT2D eigenvalue weighted by Crippen LogP contribution is 2.12. The van der Waals surface area contributed by atoms with Gasteiger partial charge in [-0.3, -0.25) is 4.90 Å². The van der Waals surface area contributed by atoms with Crippen molar-refractivity contribution in [3.8, 4) is 0 Å². The fourth-order valence-electron chi connectivity index (χ4n) is 1.60. The van der Waals surface area contributed by atoms with Crippen molar-refractivity contribution in [2.75, 3.05) is 19.7 Å². The summed E-state index contributed by atoms with van der Waals surface area (Å²) in [7, 11) is 0. The van der Waals surface area contributed by atoms with Gasteiger partial charge in [0.1, 0.15) is 0 Å². The quantitative estimate of drug-likeness (QED) is 0.690. The summed E-state index contributed by atoms with van der Waals surface area (Å²) in [6.07, 6.45) is 3.27. The standard InChI is InChI=1S/C12H21NOS/c1-2-13(8-4-3-5-9-14)11-12-7-6-10-15-12/h6-7,10,14H,2-5,8-9,11H2,1H3. The lowest BCUT2D eigenvalue weighted by Crippen LogP contribution is -2.23. The highest BCUT2D eigenvalue weighted by molar-refractivity contribution is 7.09. The summed E-state index contributed by atoms with van der Waals surface area (Å²) in [6, 6.07) is 4.31. The molecule has 2 nitrogen and oxygen atoms in total. The van der Waals surface area contributed by atoms with E-state index in [0.29, 0.717) is 6.61 Å². The van der Waals surface area contributed by atoms with E-state index >= 15 is 0 Å². The van der Waals surface area contributed by atoms with E-state index < -0.39 is 0 Å². The first-order valence-electron chi connectivity index (χ1n) is 5.72. The van der Waals surface area contributed by atoms with Gasteiger partial charge >= 0.3 is 0 Å². The predicted molar refractivity (Wildman–Crippen MR) is 66.2 cm³/mol. The van der Waals surface area contributed by atoms with E-state index in [4.69, 9.17) is 5.11 Å². The SMILES string of the molecule is CCN(CCCCCO)Cc1cccs1. The largest absolute Gasteiger partial charge is 0.396 e. The van der Waals surface area contributed by atoms with E-state index in [1.165, 1.54) is 11.3 Å². The molecule has 0 aliphatic rings. The predicted octanol–water partition coefficient (Wildman–Crippen LogP) is 2.73. The number of aliphatic hydroxyl groups excluding tert-OH is 1. The first-order chi connectivity index (χ1) is 7.36. The first-order valence-corrected chi connectivity index (χ1v) is 6.60. The number of aliphatic hydroxyl groups is 1. The maximum Gasteiger partial charge on any atom is 0.0431 e. The van der Waals surface area contributed by atoms with Crippen LogP contribution in [-0.4, -0.2) is 29.7 Å². The molecule has 0 spiro atoms. The first kappa shape index (κ1) is 12.7. The van der Waals surface area contributed by atoms with Crippen LogP contribution in [-0.2, 0) is 6.54 Å². The maximum absolute atomic E-state index is 8.68. The van der Waals surface area contributed by atoms with Gasteiger partial charge in [0, 0.05) is 18.0 Å². The molecule has 0 atom stereocenters. The van der Waals surface area contributed by atoms with E-state index in [1.54, 1.807) is 0 Å². The molecule has 86 valence electrons. The summed E-state index contributed by atoms with van der Waals surface area (Å²) in [5.41, 5.74) is 0. The van der Waals surface area contributed by atoms with Gasteiger partial charge in [-0.1, -0.05) is 13.0 Å². The topological polar surface area (TPSA) is 23.5 Å². The zero-order valence-corrected chi connectivity index (χ0v) is 10.3. The third kappa shape index (κ3) is 5.30. The van der Waals surface area contributed by atoms with Crippen molar-refractivity contribution in [2.45, 2.75) is 32.7 Å². The summed E-state index contributed by atoms with van der Waals surface area (Å²) in [4.78, 5) is 3.91. The Balaban J connectivity index is 2.18. The van der Waals surface area contributed by atoms with Crippen LogP contribution in [0.25, 0.3) is 0 Å². The average molecular weight is 227 g/mol. The Kier molecular flexibility index (Phi) is 6.64. The molecule has 1 aromatic rings. The van der Waals surface area contributed by atoms with Crippen LogP contribution in [0, 0.1) is 0 Å². The van der Waals surface area contributed by atoms with Crippen molar-refractivity contribution in [3.05, 3.63) is 22.4 Å². The van der Waals surface area contributed by atoms with Crippen LogP contribution in [0.1, 0.15) is 31.1 Å². The lowest BCUT2D eigenvalue weighted by Gasteiger charge is -2.19. The van der Waals surface area contributed by atoms with Crippen molar-refractivity contribution >= 4 is 11.3 Å². The van der Waals surface area contributed by atoms with Crippen LogP contribution in [0.2, 0.25) is 0 Å². The Labute approximate surface area is 96.5 Å². The molecular formula is C12H21NOS. The minimum absolute atomic E-state index is 0.330. The second-order valence-electron chi connectivity index (χ2n) is 3.73. The van der Waals surface area contributed by atoms with Crippen LogP contribution in [0.3, 0.4) is 0 Å². The second kappa shape index (κ2) is 7.85. The number of hydrogen-bond donors (Lipinski definition) is 1. The molecule has 0 bridgehead atoms. The van der Waals surface area contributed by atoms with Crippen LogP contribution < -0.4 is 0 Å². The van der Waals surface area contributed by atoms with Gasteiger partial charge in [-0.05, 0) is 43.8 Å². The summed E-state index contributed by atoms with van der Waals surface area (Å²) >= 11 is 1.83. The molecule has 3 heteroatoms. The molecule has 0 unspecified atom stereocenters. The number of nitrogens with zero attached hydrogens (tertiary/aromatic N) is 1. The van der Waals surface area contributed by atoms with Gasteiger partial charge in [0.2, 0.25) is 0 Å². The third-order valence-corrected chi connectivity index (χ3v) is 3.40. The summed E-state index contributed by atoms with van der Waals surface area (Å²) in [6.45, 7) is 5.87. The molecule has 1 aromatic heterocycles. The maximum atomic E-state index is 8.68. The van der Waals surface area contributed by atoms with E-state index in [1.807, 2.05) is 11.3 Å². The van der Waals surface area contributed by atoms with Gasteiger partial charge in [-0.2, -0.15) is 0 Å². The number of hydrogen-bond acceptors (Lipinski definition) is 3. The summed E-state index contributed by atoms with van der Waals surface area (Å²) < 4.78 is 0. The van der Waals surface area contributed by atoms with Gasteiger partial charge in [-0.15, -0.1) is 11.3 Å². The minimum Gasteiger partial charge on any atom is -0.396 e. The van der Waals surface area contributed by atoms with Crippen LogP contribution in [0.4, 0.5) is 0 Å². The third-order valence-electron chi connectivity index (χ3n) is 2.54. The molecule has 0 saturated carbocycles. The summed E-state index contributed by atoms with van der Waals surface area (Å²) in [5.74, 6) is 0. The monoisotopic (exact) mass is 227 g/mol. The van der Waals surface area contributed by atoms with Gasteiger partial charge in [0.25, 0.3) is 0 Å². The zero-order valence-electron chi connectivity index (χ0n) is 9.48. The van der Waals surface area contributed by atoms with Crippen molar-refractivity contribution in [1.82, 2.24) is 4.90 Å². The number of thiophene rings is 1. The Morgan fingerprint density at radius 3 is 2.80 bits per heavy atom. The van der Waals surface area contributed by atoms with Gasteiger partial charge in [0.15, 0.2) is 0 Å². The fourth-order valence-corrected chi connectivity index (χ4v) is 2.34.